The van der Waals surface area contributed by atoms with Crippen LogP contribution in [0.1, 0.15) is 0 Å². The van der Waals surface area contributed by atoms with Crippen molar-refractivity contribution in [1.29, 1.82) is 0 Å². The normalized spacial score (nSPS) is 0. The molecule has 5 heavy (non-hydrogen) atoms. The molecule has 5 heteroatoms. The topological polar surface area (TPSA) is 0 Å². The molecule has 0 fully saturated rings. The molecule has 0 aliphatic heterocycles. The Morgan fingerprint density at radius 1 is 0.600 bits per heavy atom. The van der Waals surface area contributed by atoms with E-state index < -0.39 is 0 Å². The van der Waals surface area contributed by atoms with Crippen molar-refractivity contribution in [3.05, 3.63) is 0 Å². The first-order valence-electron chi connectivity index (χ1n) is 0. The van der Waals surface area contributed by atoms with Crippen LogP contribution in [-0.4, -0.2) is 84.4 Å². The molecule has 0 spiro atoms. The van der Waals surface area contributed by atoms with Crippen LogP contribution in [0.25, 0.3) is 0 Å². The van der Waals surface area contributed by atoms with Crippen molar-refractivity contribution in [2.75, 3.05) is 0 Å². The van der Waals surface area contributed by atoms with Crippen LogP contribution in [0.15, 0.2) is 0 Å². The van der Waals surface area contributed by atoms with Gasteiger partial charge in [0.25, 0.3) is 0 Å². The Balaban J connectivity index is 0. The van der Waals surface area contributed by atoms with Crippen LogP contribution >= 0.6 is 0 Å². The third kappa shape index (κ3) is 21.2. The third-order valence-corrected chi connectivity index (χ3v) is 0. The summed E-state index contributed by atoms with van der Waals surface area (Å²) < 4.78 is 0. The first-order chi connectivity index (χ1) is 0. The molecule has 0 aromatic carbocycles. The van der Waals surface area contributed by atoms with Gasteiger partial charge in [0.15, 0.2) is 0 Å². The Kier molecular flexibility index (Phi) is 324. The average molecular weight is 352 g/mol. The van der Waals surface area contributed by atoms with Gasteiger partial charge in [0.05, 0.1) is 0 Å². The zero-order valence-electron chi connectivity index (χ0n) is 1.58. The number of halogens is 3. The molecule has 0 unspecified atom stereocenters. The summed E-state index contributed by atoms with van der Waals surface area (Å²) >= 11 is 0. The fraction of sp³-hybridized carbons (Fsp3) is 0. The number of hydrogen-bond donors (Lipinski definition) is 0. The molecule has 0 atom stereocenters. The van der Waals surface area contributed by atoms with Crippen LogP contribution < -0.4 is 14.1 Å². The van der Waals surface area contributed by atoms with E-state index >= 15 is 0 Å². The average Bonchev–Trinajstić information content (AvgIpc) is 0. The summed E-state index contributed by atoms with van der Waals surface area (Å²) in [5.41, 5.74) is 0. The van der Waals surface area contributed by atoms with Crippen molar-refractivity contribution in [2.24, 2.45) is 0 Å². The second-order valence-electron chi connectivity index (χ2n) is 0. The van der Waals surface area contributed by atoms with Gasteiger partial charge in [-0.2, -0.15) is 0 Å². The van der Waals surface area contributed by atoms with Crippen LogP contribution in [0.5, 0.6) is 0 Å². The summed E-state index contributed by atoms with van der Waals surface area (Å²) in [5.74, 6) is 0. The van der Waals surface area contributed by atoms with E-state index in [-0.39, 0.29) is 98.5 Å². The zero-order valence-corrected chi connectivity index (χ0v) is 5.06. The molecule has 0 saturated carbocycles. The first kappa shape index (κ1) is 51.1. The molecule has 0 bridgehead atoms. The maximum absolute atomic E-state index is 0. The van der Waals surface area contributed by atoms with Crippen molar-refractivity contribution < 1.29 is 14.1 Å². The molecule has 2 radical (unpaired) electrons. The summed E-state index contributed by atoms with van der Waals surface area (Å²) in [6.07, 6.45) is 0. The van der Waals surface area contributed by atoms with Crippen LogP contribution in [0.2, 0.25) is 0 Å². The Hall–Kier alpha value is 2.48. The van der Waals surface area contributed by atoms with E-state index in [1.807, 2.05) is 0 Å². The second kappa shape index (κ2) is 31.7. The molecular weight excluding hydrogens is 351 g/mol. The Bertz CT molecular complexity index is 6.85. The fourth-order valence-electron chi connectivity index (χ4n) is 0. The van der Waals surface area contributed by atoms with Crippen LogP contribution in [0, 0.1) is 0 Å². The van der Waals surface area contributed by atoms with Crippen molar-refractivity contribution in [3.8, 4) is 0 Å². The molecule has 0 nitrogen and oxygen atoms in total. The summed E-state index contributed by atoms with van der Waals surface area (Å²) in [4.78, 5) is 0. The molecule has 0 aliphatic carbocycles. The van der Waals surface area contributed by atoms with Crippen molar-refractivity contribution in [3.63, 3.8) is 0 Å². The SMILES string of the molecule is [Bi+3].[F-].[F-].[F-].[RbH]. The number of rotatable bonds is 0. The van der Waals surface area contributed by atoms with E-state index in [4.69, 9.17) is 0 Å². The minimum atomic E-state index is 0. The van der Waals surface area contributed by atoms with Gasteiger partial charge in [-0.05, 0) is 0 Å². The van der Waals surface area contributed by atoms with E-state index in [9.17, 15) is 0 Å². The molecule has 0 N–H and O–H groups in total. The van der Waals surface area contributed by atoms with Gasteiger partial charge in [-0.1, -0.05) is 0 Å². The molecule has 0 heterocycles. The maximum atomic E-state index is 0. The predicted molar refractivity (Wildman–Crippen MR) is 12.9 cm³/mol. The van der Waals surface area contributed by atoms with E-state index in [1.54, 1.807) is 0 Å². The molecule has 0 aliphatic rings. The van der Waals surface area contributed by atoms with Crippen LogP contribution in [0.3, 0.4) is 0 Å². The summed E-state index contributed by atoms with van der Waals surface area (Å²) in [6, 6.07) is 0. The minimum absolute atomic E-state index is 0. The van der Waals surface area contributed by atoms with E-state index in [2.05, 4.69) is 0 Å². The van der Waals surface area contributed by atoms with E-state index in [0.29, 0.717) is 0 Å². The second-order valence-corrected chi connectivity index (χ2v) is 0. The molecular formula is HBiF3Rb. The Morgan fingerprint density at radius 2 is 0.600 bits per heavy atom. The Labute approximate surface area is 96.1 Å². The van der Waals surface area contributed by atoms with Gasteiger partial charge >= 0.3 is 84.4 Å². The van der Waals surface area contributed by atoms with Gasteiger partial charge in [-0.15, -0.1) is 0 Å². The fourth-order valence-corrected chi connectivity index (χ4v) is 0. The molecule has 0 aromatic rings. The van der Waals surface area contributed by atoms with Gasteiger partial charge in [0.1, 0.15) is 0 Å². The van der Waals surface area contributed by atoms with Crippen molar-refractivity contribution >= 4 is 84.4 Å². The molecule has 0 saturated heterocycles. The summed E-state index contributed by atoms with van der Waals surface area (Å²) in [6.45, 7) is 0. The third-order valence-electron chi connectivity index (χ3n) is 0. The van der Waals surface area contributed by atoms with E-state index in [0.717, 1.165) is 0 Å². The Morgan fingerprint density at radius 3 is 0.600 bits per heavy atom. The molecule has 0 aromatic heterocycles. The predicted octanol–water partition coefficient (Wildman–Crippen LogP) is -10.0. The molecule has 28 valence electrons. The van der Waals surface area contributed by atoms with Gasteiger partial charge in [-0.25, -0.2) is 0 Å². The standard InChI is InChI=1S/Bi.3FH.Rb.H/h;3*1H;;/q+3;;;;;/p-3. The summed E-state index contributed by atoms with van der Waals surface area (Å²) in [5, 5.41) is 0. The van der Waals surface area contributed by atoms with Crippen molar-refractivity contribution in [2.45, 2.75) is 0 Å². The molecule has 0 rings (SSSR count). The van der Waals surface area contributed by atoms with Crippen molar-refractivity contribution in [1.82, 2.24) is 0 Å². The zero-order chi connectivity index (χ0) is 0. The molecule has 0 amide bonds. The summed E-state index contributed by atoms with van der Waals surface area (Å²) in [7, 11) is 0. The number of hydrogen-bond acceptors (Lipinski definition) is 0. The van der Waals surface area contributed by atoms with Gasteiger partial charge in [0.2, 0.25) is 0 Å². The first-order valence-corrected chi connectivity index (χ1v) is 0. The van der Waals surface area contributed by atoms with Crippen LogP contribution in [0.4, 0.5) is 0 Å². The van der Waals surface area contributed by atoms with Crippen LogP contribution in [-0.2, 0) is 0 Å². The van der Waals surface area contributed by atoms with Gasteiger partial charge in [0, 0.05) is 0 Å². The van der Waals surface area contributed by atoms with Gasteiger partial charge in [-0.3, -0.25) is 0 Å². The van der Waals surface area contributed by atoms with Gasteiger partial charge < -0.3 is 14.1 Å². The van der Waals surface area contributed by atoms with E-state index in [1.165, 1.54) is 0 Å². The quantitative estimate of drug-likeness (QED) is 0.380. The monoisotopic (exact) mass is 352 g/mol.